The van der Waals surface area contributed by atoms with Crippen LogP contribution in [0.2, 0.25) is 0 Å². The SMILES string of the molecule is CCOc1cccc(C(C)Nc2nc3c(cnn3C(C)(C)C)c(=O)[nH]2)c1. The second-order valence-corrected chi connectivity index (χ2v) is 7.25. The predicted octanol–water partition coefficient (Wildman–Crippen LogP) is 3.45. The zero-order valence-corrected chi connectivity index (χ0v) is 15.8. The number of aromatic nitrogens is 4. The Balaban J connectivity index is 1.93. The summed E-state index contributed by atoms with van der Waals surface area (Å²) in [5.41, 5.74) is 1.14. The van der Waals surface area contributed by atoms with Crippen molar-refractivity contribution in [3.8, 4) is 5.75 Å². The van der Waals surface area contributed by atoms with Crippen molar-refractivity contribution >= 4 is 17.0 Å². The molecule has 0 amide bonds. The number of nitrogens with zero attached hydrogens (tertiary/aromatic N) is 3. The molecule has 2 N–H and O–H groups in total. The minimum atomic E-state index is -0.267. The third kappa shape index (κ3) is 3.56. The Morgan fingerprint density at radius 3 is 2.81 bits per heavy atom. The summed E-state index contributed by atoms with van der Waals surface area (Å²) < 4.78 is 7.32. The first-order chi connectivity index (χ1) is 12.3. The minimum Gasteiger partial charge on any atom is -0.494 e. The Hall–Kier alpha value is -2.83. The molecule has 0 spiro atoms. The molecule has 0 radical (unpaired) electrons. The van der Waals surface area contributed by atoms with Gasteiger partial charge in [-0.2, -0.15) is 10.1 Å². The summed E-state index contributed by atoms with van der Waals surface area (Å²) in [6.07, 6.45) is 1.56. The van der Waals surface area contributed by atoms with Crippen molar-refractivity contribution in [1.82, 2.24) is 19.7 Å². The fourth-order valence-corrected chi connectivity index (χ4v) is 2.81. The molecule has 0 saturated heterocycles. The van der Waals surface area contributed by atoms with E-state index in [9.17, 15) is 4.79 Å². The highest BCUT2D eigenvalue weighted by Gasteiger charge is 2.20. The van der Waals surface area contributed by atoms with Gasteiger partial charge in [0, 0.05) is 0 Å². The number of H-pyrrole nitrogens is 1. The zero-order chi connectivity index (χ0) is 18.9. The summed E-state index contributed by atoms with van der Waals surface area (Å²) in [6, 6.07) is 7.82. The molecule has 3 aromatic rings. The van der Waals surface area contributed by atoms with E-state index < -0.39 is 0 Å². The van der Waals surface area contributed by atoms with Gasteiger partial charge in [-0.05, 0) is 52.3 Å². The van der Waals surface area contributed by atoms with E-state index in [-0.39, 0.29) is 17.1 Å². The third-order valence-corrected chi connectivity index (χ3v) is 4.10. The van der Waals surface area contributed by atoms with Crippen LogP contribution in [0.15, 0.2) is 35.3 Å². The van der Waals surface area contributed by atoms with E-state index in [2.05, 4.69) is 20.4 Å². The second kappa shape index (κ2) is 6.82. The monoisotopic (exact) mass is 355 g/mol. The number of hydrogen-bond acceptors (Lipinski definition) is 5. The first-order valence-corrected chi connectivity index (χ1v) is 8.77. The molecule has 0 aliphatic heterocycles. The van der Waals surface area contributed by atoms with E-state index in [1.165, 1.54) is 0 Å². The predicted molar refractivity (Wildman–Crippen MR) is 103 cm³/mol. The molecule has 1 aromatic carbocycles. The summed E-state index contributed by atoms with van der Waals surface area (Å²) in [5.74, 6) is 1.24. The van der Waals surface area contributed by atoms with Crippen LogP contribution in [0.4, 0.5) is 5.95 Å². The highest BCUT2D eigenvalue weighted by atomic mass is 16.5. The average Bonchev–Trinajstić information content (AvgIpc) is 3.00. The molecular weight excluding hydrogens is 330 g/mol. The standard InChI is InChI=1S/C19H25N5O2/c1-6-26-14-9-7-8-13(10-14)12(2)21-18-22-16-15(17(25)23-18)11-20-24(16)19(3,4)5/h7-12H,6H2,1-5H3,(H2,21,22,23,25). The lowest BCUT2D eigenvalue weighted by molar-refractivity contribution is 0.340. The molecular formula is C19H25N5O2. The minimum absolute atomic E-state index is 0.0537. The first kappa shape index (κ1) is 18.0. The van der Waals surface area contributed by atoms with Gasteiger partial charge in [-0.3, -0.25) is 9.78 Å². The van der Waals surface area contributed by atoms with E-state index in [1.54, 1.807) is 10.9 Å². The van der Waals surface area contributed by atoms with E-state index in [1.807, 2.05) is 58.9 Å². The topological polar surface area (TPSA) is 84.8 Å². The summed E-state index contributed by atoms with van der Waals surface area (Å²) >= 11 is 0. The number of ether oxygens (including phenoxy) is 1. The summed E-state index contributed by atoms with van der Waals surface area (Å²) in [6.45, 7) is 10.7. The molecule has 2 heterocycles. The fourth-order valence-electron chi connectivity index (χ4n) is 2.81. The third-order valence-electron chi connectivity index (χ3n) is 4.10. The molecule has 7 heteroatoms. The molecule has 0 aliphatic carbocycles. The lowest BCUT2D eigenvalue weighted by atomic mass is 10.1. The van der Waals surface area contributed by atoms with Crippen molar-refractivity contribution in [2.24, 2.45) is 0 Å². The Morgan fingerprint density at radius 1 is 1.35 bits per heavy atom. The van der Waals surface area contributed by atoms with Crippen molar-refractivity contribution in [2.75, 3.05) is 11.9 Å². The summed E-state index contributed by atoms with van der Waals surface area (Å²) in [7, 11) is 0. The average molecular weight is 355 g/mol. The maximum atomic E-state index is 12.4. The van der Waals surface area contributed by atoms with Gasteiger partial charge in [-0.25, -0.2) is 4.68 Å². The molecule has 0 bridgehead atoms. The van der Waals surface area contributed by atoms with Gasteiger partial charge in [0.05, 0.1) is 24.4 Å². The number of fused-ring (bicyclic) bond motifs is 1. The second-order valence-electron chi connectivity index (χ2n) is 7.25. The molecule has 2 aromatic heterocycles. The number of hydrogen-bond donors (Lipinski definition) is 2. The van der Waals surface area contributed by atoms with Crippen molar-refractivity contribution in [3.05, 3.63) is 46.4 Å². The van der Waals surface area contributed by atoms with Crippen LogP contribution in [0.25, 0.3) is 11.0 Å². The fraction of sp³-hybridized carbons (Fsp3) is 0.421. The van der Waals surface area contributed by atoms with E-state index in [0.29, 0.717) is 23.6 Å². The number of aromatic amines is 1. The van der Waals surface area contributed by atoms with Crippen LogP contribution in [-0.2, 0) is 5.54 Å². The van der Waals surface area contributed by atoms with Gasteiger partial charge in [0.2, 0.25) is 5.95 Å². The highest BCUT2D eigenvalue weighted by Crippen LogP contribution is 2.23. The van der Waals surface area contributed by atoms with Crippen LogP contribution in [0.1, 0.15) is 46.2 Å². The van der Waals surface area contributed by atoms with Gasteiger partial charge in [0.1, 0.15) is 11.1 Å². The molecule has 0 aliphatic rings. The number of anilines is 1. The Kier molecular flexibility index (Phi) is 4.71. The number of rotatable bonds is 5. The van der Waals surface area contributed by atoms with Crippen LogP contribution < -0.4 is 15.6 Å². The molecule has 1 atom stereocenters. The van der Waals surface area contributed by atoms with E-state index in [0.717, 1.165) is 11.3 Å². The quantitative estimate of drug-likeness (QED) is 0.732. The number of nitrogens with one attached hydrogen (secondary N) is 2. The van der Waals surface area contributed by atoms with Crippen LogP contribution in [0, 0.1) is 0 Å². The van der Waals surface area contributed by atoms with Gasteiger partial charge >= 0.3 is 0 Å². The van der Waals surface area contributed by atoms with E-state index in [4.69, 9.17) is 4.74 Å². The largest absolute Gasteiger partial charge is 0.494 e. The highest BCUT2D eigenvalue weighted by molar-refractivity contribution is 5.74. The van der Waals surface area contributed by atoms with Gasteiger partial charge < -0.3 is 10.1 Å². The lowest BCUT2D eigenvalue weighted by Gasteiger charge is -2.20. The number of benzene rings is 1. The summed E-state index contributed by atoms with van der Waals surface area (Å²) in [5, 5.41) is 8.08. The maximum absolute atomic E-state index is 12.4. The molecule has 3 rings (SSSR count). The van der Waals surface area contributed by atoms with Gasteiger partial charge in [0.15, 0.2) is 5.65 Å². The van der Waals surface area contributed by atoms with Gasteiger partial charge in [-0.15, -0.1) is 0 Å². The van der Waals surface area contributed by atoms with Gasteiger partial charge in [0.25, 0.3) is 5.56 Å². The lowest BCUT2D eigenvalue weighted by Crippen LogP contribution is -2.24. The zero-order valence-electron chi connectivity index (χ0n) is 15.8. The van der Waals surface area contributed by atoms with Crippen LogP contribution in [0.5, 0.6) is 5.75 Å². The van der Waals surface area contributed by atoms with Crippen molar-refractivity contribution in [3.63, 3.8) is 0 Å². The Labute approximate surface area is 152 Å². The molecule has 0 fully saturated rings. The van der Waals surface area contributed by atoms with Crippen molar-refractivity contribution < 1.29 is 4.74 Å². The molecule has 7 nitrogen and oxygen atoms in total. The van der Waals surface area contributed by atoms with Crippen LogP contribution >= 0.6 is 0 Å². The Bertz CT molecular complexity index is 968. The van der Waals surface area contributed by atoms with Crippen molar-refractivity contribution in [1.29, 1.82) is 0 Å². The molecule has 0 saturated carbocycles. The van der Waals surface area contributed by atoms with Crippen LogP contribution in [0.3, 0.4) is 0 Å². The first-order valence-electron chi connectivity index (χ1n) is 8.77. The normalized spacial score (nSPS) is 13.0. The smallest absolute Gasteiger partial charge is 0.263 e. The van der Waals surface area contributed by atoms with Gasteiger partial charge in [-0.1, -0.05) is 12.1 Å². The maximum Gasteiger partial charge on any atom is 0.263 e. The molecule has 138 valence electrons. The molecule has 26 heavy (non-hydrogen) atoms. The van der Waals surface area contributed by atoms with E-state index >= 15 is 0 Å². The Morgan fingerprint density at radius 2 is 2.12 bits per heavy atom. The molecule has 1 unspecified atom stereocenters. The van der Waals surface area contributed by atoms with Crippen LogP contribution in [-0.4, -0.2) is 26.4 Å². The van der Waals surface area contributed by atoms with Crippen molar-refractivity contribution in [2.45, 2.75) is 46.2 Å². The summed E-state index contributed by atoms with van der Waals surface area (Å²) in [4.78, 5) is 19.8.